The van der Waals surface area contributed by atoms with Gasteiger partial charge in [-0.25, -0.2) is 4.79 Å². The minimum Gasteiger partial charge on any atom is -0.508 e. The summed E-state index contributed by atoms with van der Waals surface area (Å²) < 4.78 is 10.3. The topological polar surface area (TPSA) is 102 Å². The van der Waals surface area contributed by atoms with Gasteiger partial charge in [-0.3, -0.25) is 9.59 Å². The van der Waals surface area contributed by atoms with E-state index in [0.29, 0.717) is 40.9 Å². The second-order valence-corrected chi connectivity index (χ2v) is 7.77. The van der Waals surface area contributed by atoms with Crippen LogP contribution in [0.1, 0.15) is 45.1 Å². The van der Waals surface area contributed by atoms with Crippen LogP contribution in [-0.4, -0.2) is 36.5 Å². The highest BCUT2D eigenvalue weighted by Gasteiger charge is 2.47. The Labute approximate surface area is 175 Å². The monoisotopic (exact) mass is 413 g/mol. The number of hydrogen-bond acceptors (Lipinski definition) is 7. The van der Waals surface area contributed by atoms with Crippen molar-refractivity contribution < 1.29 is 29.0 Å². The minimum atomic E-state index is -0.943. The van der Waals surface area contributed by atoms with E-state index in [0.717, 1.165) is 0 Å². The van der Waals surface area contributed by atoms with Crippen LogP contribution in [0.2, 0.25) is 0 Å². The quantitative estimate of drug-likeness (QED) is 0.565. The number of ketones is 1. The lowest BCUT2D eigenvalue weighted by Crippen LogP contribution is -2.43. The average Bonchev–Trinajstić information content (AvgIpc) is 2.70. The molecule has 0 radical (unpaired) electrons. The Morgan fingerprint density at radius 1 is 1.30 bits per heavy atom. The standard InChI is InChI=1S/C23H27NO6/c1-5-9-30-23(28)18-13(3)24-16-10-12(2)17(22(27)29-4)21(26)20(16)19(18)14-7-6-8-15(25)11-14/h6-8,11-12,17,19,24-25H,5,9-10H2,1-4H3/t12-,17-,19-/m1/s1. The Balaban J connectivity index is 2.16. The number of dihydropyridines is 1. The van der Waals surface area contributed by atoms with Crippen LogP contribution < -0.4 is 5.32 Å². The molecule has 1 aliphatic heterocycles. The van der Waals surface area contributed by atoms with Crippen molar-refractivity contribution in [2.45, 2.75) is 39.5 Å². The number of benzene rings is 1. The molecule has 0 fully saturated rings. The molecule has 0 saturated heterocycles. The molecule has 1 heterocycles. The number of aromatic hydroxyl groups is 1. The maximum Gasteiger partial charge on any atom is 0.336 e. The predicted molar refractivity (Wildman–Crippen MR) is 109 cm³/mol. The number of esters is 2. The number of ether oxygens (including phenoxy) is 2. The zero-order valence-corrected chi connectivity index (χ0v) is 17.7. The van der Waals surface area contributed by atoms with Gasteiger partial charge < -0.3 is 19.9 Å². The van der Waals surface area contributed by atoms with Crippen LogP contribution in [0.4, 0.5) is 0 Å². The number of methoxy groups -OCH3 is 1. The molecule has 3 rings (SSSR count). The average molecular weight is 413 g/mol. The molecule has 30 heavy (non-hydrogen) atoms. The number of rotatable bonds is 5. The van der Waals surface area contributed by atoms with Crippen LogP contribution in [-0.2, 0) is 23.9 Å². The number of nitrogens with one attached hydrogen (secondary N) is 1. The van der Waals surface area contributed by atoms with E-state index >= 15 is 0 Å². The van der Waals surface area contributed by atoms with E-state index in [1.807, 2.05) is 13.8 Å². The van der Waals surface area contributed by atoms with Crippen LogP contribution in [0, 0.1) is 11.8 Å². The fourth-order valence-corrected chi connectivity index (χ4v) is 4.26. The van der Waals surface area contributed by atoms with E-state index in [-0.39, 0.29) is 24.1 Å². The van der Waals surface area contributed by atoms with Gasteiger partial charge in [-0.1, -0.05) is 26.0 Å². The van der Waals surface area contributed by atoms with Gasteiger partial charge in [-0.15, -0.1) is 0 Å². The molecule has 0 saturated carbocycles. The van der Waals surface area contributed by atoms with Gasteiger partial charge in [0, 0.05) is 22.9 Å². The van der Waals surface area contributed by atoms with E-state index in [4.69, 9.17) is 9.47 Å². The molecular weight excluding hydrogens is 386 g/mol. The second-order valence-electron chi connectivity index (χ2n) is 7.77. The van der Waals surface area contributed by atoms with Crippen molar-refractivity contribution in [3.05, 3.63) is 52.4 Å². The molecule has 160 valence electrons. The molecule has 7 heteroatoms. The van der Waals surface area contributed by atoms with Crippen molar-refractivity contribution in [2.24, 2.45) is 11.8 Å². The maximum atomic E-state index is 13.5. The van der Waals surface area contributed by atoms with Crippen molar-refractivity contribution in [3.8, 4) is 5.75 Å². The van der Waals surface area contributed by atoms with Gasteiger partial charge in [0.05, 0.1) is 19.3 Å². The molecule has 0 amide bonds. The third kappa shape index (κ3) is 3.84. The summed E-state index contributed by atoms with van der Waals surface area (Å²) in [5, 5.41) is 13.2. The largest absolute Gasteiger partial charge is 0.508 e. The molecule has 3 atom stereocenters. The Morgan fingerprint density at radius 2 is 2.03 bits per heavy atom. The summed E-state index contributed by atoms with van der Waals surface area (Å²) in [7, 11) is 1.26. The number of hydrogen-bond donors (Lipinski definition) is 2. The molecule has 1 aliphatic carbocycles. The Bertz CT molecular complexity index is 945. The summed E-state index contributed by atoms with van der Waals surface area (Å²) >= 11 is 0. The van der Waals surface area contributed by atoms with Gasteiger partial charge in [0.15, 0.2) is 5.78 Å². The fraction of sp³-hybridized carbons (Fsp3) is 0.435. The summed E-state index contributed by atoms with van der Waals surface area (Å²) in [6.07, 6.45) is 1.13. The molecule has 0 spiro atoms. The van der Waals surface area contributed by atoms with Crippen LogP contribution in [0.5, 0.6) is 5.75 Å². The molecule has 7 nitrogen and oxygen atoms in total. The zero-order valence-electron chi connectivity index (χ0n) is 17.7. The summed E-state index contributed by atoms with van der Waals surface area (Å²) in [4.78, 5) is 38.8. The van der Waals surface area contributed by atoms with E-state index in [9.17, 15) is 19.5 Å². The number of carbonyl (C=O) groups is 3. The van der Waals surface area contributed by atoms with Crippen LogP contribution in [0.15, 0.2) is 46.8 Å². The third-order valence-electron chi connectivity index (χ3n) is 5.60. The molecule has 0 bridgehead atoms. The fourth-order valence-electron chi connectivity index (χ4n) is 4.26. The summed E-state index contributed by atoms with van der Waals surface area (Å²) in [6, 6.07) is 6.46. The van der Waals surface area contributed by atoms with Crippen LogP contribution in [0.3, 0.4) is 0 Å². The Hall–Kier alpha value is -3.09. The molecule has 1 aromatic rings. The lowest BCUT2D eigenvalue weighted by molar-refractivity contribution is -0.151. The molecule has 0 unspecified atom stereocenters. The predicted octanol–water partition coefficient (Wildman–Crippen LogP) is 2.96. The van der Waals surface area contributed by atoms with Gasteiger partial charge in [-0.05, 0) is 43.4 Å². The van der Waals surface area contributed by atoms with E-state index < -0.39 is 23.8 Å². The number of phenolic OH excluding ortho intramolecular Hbond substituents is 1. The molecule has 2 aliphatic rings. The van der Waals surface area contributed by atoms with Gasteiger partial charge in [0.1, 0.15) is 11.7 Å². The summed E-state index contributed by atoms with van der Waals surface area (Å²) in [5.74, 6) is -3.40. The minimum absolute atomic E-state index is 0.0215. The van der Waals surface area contributed by atoms with Crippen LogP contribution >= 0.6 is 0 Å². The van der Waals surface area contributed by atoms with Gasteiger partial charge in [0.2, 0.25) is 0 Å². The van der Waals surface area contributed by atoms with Crippen molar-refractivity contribution >= 4 is 17.7 Å². The maximum absolute atomic E-state index is 13.5. The highest BCUT2D eigenvalue weighted by molar-refractivity contribution is 6.12. The van der Waals surface area contributed by atoms with Crippen molar-refractivity contribution in [3.63, 3.8) is 0 Å². The first-order valence-corrected chi connectivity index (χ1v) is 10.1. The van der Waals surface area contributed by atoms with Gasteiger partial charge >= 0.3 is 11.9 Å². The van der Waals surface area contributed by atoms with Crippen molar-refractivity contribution in [1.82, 2.24) is 5.32 Å². The smallest absolute Gasteiger partial charge is 0.336 e. The zero-order chi connectivity index (χ0) is 22.0. The van der Waals surface area contributed by atoms with Crippen LogP contribution in [0.25, 0.3) is 0 Å². The molecule has 0 aromatic heterocycles. The van der Waals surface area contributed by atoms with E-state index in [1.165, 1.54) is 19.2 Å². The third-order valence-corrected chi connectivity index (χ3v) is 5.60. The SMILES string of the molecule is CCCOC(=O)C1=C(C)NC2=C(C(=O)[C@H](C(=O)OC)[C@H](C)C2)[C@@H]1c1cccc(O)c1. The Morgan fingerprint density at radius 3 is 2.67 bits per heavy atom. The van der Waals surface area contributed by atoms with E-state index in [2.05, 4.69) is 5.32 Å². The summed E-state index contributed by atoms with van der Waals surface area (Å²) in [5.41, 5.74) is 2.52. The molecule has 2 N–H and O–H groups in total. The first kappa shape index (κ1) is 21.6. The lowest BCUT2D eigenvalue weighted by Gasteiger charge is -2.38. The van der Waals surface area contributed by atoms with Crippen molar-refractivity contribution in [2.75, 3.05) is 13.7 Å². The highest BCUT2D eigenvalue weighted by atomic mass is 16.5. The number of carbonyl (C=O) groups excluding carboxylic acids is 3. The van der Waals surface area contributed by atoms with Crippen molar-refractivity contribution in [1.29, 1.82) is 0 Å². The highest BCUT2D eigenvalue weighted by Crippen LogP contribution is 2.45. The molecular formula is C23H27NO6. The lowest BCUT2D eigenvalue weighted by atomic mass is 9.69. The Kier molecular flexibility index (Phi) is 6.29. The van der Waals surface area contributed by atoms with Gasteiger partial charge in [0.25, 0.3) is 0 Å². The first-order chi connectivity index (χ1) is 14.3. The second kappa shape index (κ2) is 8.73. The normalized spacial score (nSPS) is 23.6. The van der Waals surface area contributed by atoms with Gasteiger partial charge in [-0.2, -0.15) is 0 Å². The first-order valence-electron chi connectivity index (χ1n) is 10.1. The number of allylic oxidation sites excluding steroid dienone is 3. The number of Topliss-reactive ketones (excluding diaryl/α,β-unsaturated/α-hetero) is 1. The van der Waals surface area contributed by atoms with E-state index in [1.54, 1.807) is 19.1 Å². The number of phenols is 1. The molecule has 1 aromatic carbocycles. The summed E-state index contributed by atoms with van der Waals surface area (Å²) in [6.45, 7) is 5.75.